The topological polar surface area (TPSA) is 35.9 Å². The van der Waals surface area contributed by atoms with Gasteiger partial charge in [0.05, 0.1) is 11.7 Å². The molecule has 2 aliphatic heterocycles. The average Bonchev–Trinajstić information content (AvgIpc) is 3.35. The SMILES string of the molecule is CC1=NN(c2ccc(C(=O)N3CCC[C@@H]3c3ccsc3)cc2)CC1. The quantitative estimate of drug-likeness (QED) is 0.835. The molecule has 0 bridgehead atoms. The summed E-state index contributed by atoms with van der Waals surface area (Å²) in [5.74, 6) is 0.136. The molecule has 5 heteroatoms. The Bertz CT molecular complexity index is 751. The summed E-state index contributed by atoms with van der Waals surface area (Å²) >= 11 is 1.70. The molecule has 0 radical (unpaired) electrons. The minimum atomic E-state index is 0.136. The van der Waals surface area contributed by atoms with Crippen LogP contribution in [0.3, 0.4) is 0 Å². The first kappa shape index (κ1) is 15.4. The van der Waals surface area contributed by atoms with Crippen LogP contribution < -0.4 is 5.01 Å². The number of thiophene rings is 1. The van der Waals surface area contributed by atoms with Gasteiger partial charge in [0, 0.05) is 30.8 Å². The van der Waals surface area contributed by atoms with Crippen LogP contribution in [-0.4, -0.2) is 29.6 Å². The van der Waals surface area contributed by atoms with E-state index >= 15 is 0 Å². The fourth-order valence-electron chi connectivity index (χ4n) is 3.52. The number of carbonyl (C=O) groups excluding carboxylic acids is 1. The van der Waals surface area contributed by atoms with Gasteiger partial charge < -0.3 is 4.90 Å². The summed E-state index contributed by atoms with van der Waals surface area (Å²) in [4.78, 5) is 14.9. The highest BCUT2D eigenvalue weighted by Crippen LogP contribution is 2.34. The van der Waals surface area contributed by atoms with Crippen LogP contribution in [0.1, 0.15) is 48.1 Å². The Morgan fingerprint density at radius 1 is 1.21 bits per heavy atom. The number of hydrogen-bond donors (Lipinski definition) is 0. The fraction of sp³-hybridized carbons (Fsp3) is 0.368. The van der Waals surface area contributed by atoms with Crippen molar-refractivity contribution in [2.75, 3.05) is 18.1 Å². The average molecular weight is 339 g/mol. The smallest absolute Gasteiger partial charge is 0.254 e. The van der Waals surface area contributed by atoms with Crippen molar-refractivity contribution >= 4 is 28.6 Å². The van der Waals surface area contributed by atoms with Crippen molar-refractivity contribution in [2.24, 2.45) is 5.10 Å². The Balaban J connectivity index is 1.52. The van der Waals surface area contributed by atoms with E-state index in [4.69, 9.17) is 0 Å². The maximum atomic E-state index is 12.9. The van der Waals surface area contributed by atoms with E-state index in [0.29, 0.717) is 0 Å². The van der Waals surface area contributed by atoms with Crippen LogP contribution in [0.15, 0.2) is 46.2 Å². The number of hydrogen-bond acceptors (Lipinski definition) is 4. The summed E-state index contributed by atoms with van der Waals surface area (Å²) in [7, 11) is 0. The molecule has 0 aliphatic carbocycles. The highest BCUT2D eigenvalue weighted by atomic mass is 32.1. The molecule has 1 atom stereocenters. The molecular weight excluding hydrogens is 318 g/mol. The van der Waals surface area contributed by atoms with Gasteiger partial charge in [-0.3, -0.25) is 9.80 Å². The summed E-state index contributed by atoms with van der Waals surface area (Å²) in [5.41, 5.74) is 4.25. The van der Waals surface area contributed by atoms with Crippen LogP contribution in [0.25, 0.3) is 0 Å². The Morgan fingerprint density at radius 2 is 2.04 bits per heavy atom. The number of rotatable bonds is 3. The molecule has 1 saturated heterocycles. The third-order valence-corrected chi connectivity index (χ3v) is 5.53. The zero-order chi connectivity index (χ0) is 16.5. The van der Waals surface area contributed by atoms with Gasteiger partial charge in [-0.25, -0.2) is 0 Å². The van der Waals surface area contributed by atoms with Crippen LogP contribution in [0.4, 0.5) is 5.69 Å². The minimum absolute atomic E-state index is 0.136. The maximum Gasteiger partial charge on any atom is 0.254 e. The van der Waals surface area contributed by atoms with Crippen molar-refractivity contribution in [3.05, 3.63) is 52.2 Å². The van der Waals surface area contributed by atoms with Crippen molar-refractivity contribution in [1.82, 2.24) is 4.90 Å². The molecule has 4 nitrogen and oxygen atoms in total. The number of hydrazone groups is 1. The van der Waals surface area contributed by atoms with Gasteiger partial charge in [-0.2, -0.15) is 16.4 Å². The van der Waals surface area contributed by atoms with Crippen LogP contribution in [0.2, 0.25) is 0 Å². The second-order valence-corrected chi connectivity index (χ2v) is 7.25. The molecule has 4 rings (SSSR count). The second kappa shape index (κ2) is 6.40. The zero-order valence-electron chi connectivity index (χ0n) is 13.8. The molecule has 2 aromatic rings. The van der Waals surface area contributed by atoms with E-state index in [2.05, 4.69) is 28.9 Å². The van der Waals surface area contributed by atoms with Crippen molar-refractivity contribution in [2.45, 2.75) is 32.2 Å². The molecule has 0 saturated carbocycles. The number of anilines is 1. The molecule has 0 unspecified atom stereocenters. The third kappa shape index (κ3) is 2.84. The van der Waals surface area contributed by atoms with E-state index in [1.165, 1.54) is 5.56 Å². The molecule has 1 amide bonds. The lowest BCUT2D eigenvalue weighted by Crippen LogP contribution is -2.30. The molecule has 1 aromatic heterocycles. The van der Waals surface area contributed by atoms with Gasteiger partial charge in [0.25, 0.3) is 5.91 Å². The van der Waals surface area contributed by atoms with Crippen LogP contribution in [-0.2, 0) is 0 Å². The van der Waals surface area contributed by atoms with E-state index in [1.54, 1.807) is 11.3 Å². The second-order valence-electron chi connectivity index (χ2n) is 6.47. The van der Waals surface area contributed by atoms with Gasteiger partial charge >= 0.3 is 0 Å². The lowest BCUT2D eigenvalue weighted by Gasteiger charge is -2.24. The lowest BCUT2D eigenvalue weighted by atomic mass is 10.1. The lowest BCUT2D eigenvalue weighted by molar-refractivity contribution is 0.0736. The molecule has 0 spiro atoms. The first-order valence-corrected chi connectivity index (χ1v) is 9.41. The van der Waals surface area contributed by atoms with Crippen molar-refractivity contribution in [3.63, 3.8) is 0 Å². The summed E-state index contributed by atoms with van der Waals surface area (Å²) in [6.45, 7) is 3.82. The van der Waals surface area contributed by atoms with Crippen LogP contribution in [0.5, 0.6) is 0 Å². The van der Waals surface area contributed by atoms with Gasteiger partial charge in [-0.1, -0.05) is 0 Å². The summed E-state index contributed by atoms with van der Waals surface area (Å²) in [6.07, 6.45) is 3.14. The molecule has 1 fully saturated rings. The highest BCUT2D eigenvalue weighted by Gasteiger charge is 2.30. The molecule has 2 aliphatic rings. The summed E-state index contributed by atoms with van der Waals surface area (Å²) < 4.78 is 0. The molecule has 1 aromatic carbocycles. The van der Waals surface area contributed by atoms with Crippen LogP contribution in [0, 0.1) is 0 Å². The van der Waals surface area contributed by atoms with Gasteiger partial charge in [0.15, 0.2) is 0 Å². The molecule has 0 N–H and O–H groups in total. The van der Waals surface area contributed by atoms with Gasteiger partial charge in [0.2, 0.25) is 0 Å². The number of benzene rings is 1. The number of likely N-dealkylation sites (tertiary alicyclic amines) is 1. The summed E-state index contributed by atoms with van der Waals surface area (Å²) in [6, 6.07) is 10.2. The Kier molecular flexibility index (Phi) is 4.10. The predicted octanol–water partition coefficient (Wildman–Crippen LogP) is 4.31. The van der Waals surface area contributed by atoms with E-state index < -0.39 is 0 Å². The maximum absolute atomic E-state index is 12.9. The zero-order valence-corrected chi connectivity index (χ0v) is 14.6. The number of carbonyl (C=O) groups is 1. The molecule has 3 heterocycles. The summed E-state index contributed by atoms with van der Waals surface area (Å²) in [5, 5.41) is 10.8. The number of amides is 1. The molecule has 24 heavy (non-hydrogen) atoms. The Hall–Kier alpha value is -2.14. The van der Waals surface area contributed by atoms with Crippen molar-refractivity contribution < 1.29 is 4.79 Å². The van der Waals surface area contributed by atoms with E-state index in [-0.39, 0.29) is 11.9 Å². The van der Waals surface area contributed by atoms with Gasteiger partial charge in [0.1, 0.15) is 0 Å². The van der Waals surface area contributed by atoms with Gasteiger partial charge in [-0.15, -0.1) is 0 Å². The Labute approximate surface area is 146 Å². The van der Waals surface area contributed by atoms with E-state index in [0.717, 1.165) is 49.3 Å². The van der Waals surface area contributed by atoms with Crippen molar-refractivity contribution in [3.8, 4) is 0 Å². The van der Waals surface area contributed by atoms with Crippen molar-refractivity contribution in [1.29, 1.82) is 0 Å². The van der Waals surface area contributed by atoms with Gasteiger partial charge in [-0.05, 0) is 66.4 Å². The first-order valence-electron chi connectivity index (χ1n) is 8.47. The van der Waals surface area contributed by atoms with E-state index in [9.17, 15) is 4.79 Å². The largest absolute Gasteiger partial charge is 0.332 e. The number of nitrogens with zero attached hydrogens (tertiary/aromatic N) is 3. The molecule has 124 valence electrons. The van der Waals surface area contributed by atoms with Crippen LogP contribution >= 0.6 is 11.3 Å². The third-order valence-electron chi connectivity index (χ3n) is 4.83. The normalized spacial score (nSPS) is 20.5. The monoisotopic (exact) mass is 339 g/mol. The van der Waals surface area contributed by atoms with E-state index in [1.807, 2.05) is 34.2 Å². The Morgan fingerprint density at radius 3 is 2.71 bits per heavy atom. The molecular formula is C19H21N3OS. The first-order chi connectivity index (χ1) is 11.7. The predicted molar refractivity (Wildman–Crippen MR) is 98.8 cm³/mol. The highest BCUT2D eigenvalue weighted by molar-refractivity contribution is 7.08. The fourth-order valence-corrected chi connectivity index (χ4v) is 4.23. The minimum Gasteiger partial charge on any atom is -0.332 e. The standard InChI is InChI=1S/C19H21N3OS/c1-14-8-11-22(20-14)17-6-4-15(5-7-17)19(23)21-10-2-3-18(21)16-9-12-24-13-16/h4-7,9,12-13,18H,2-3,8,10-11H2,1H3/t18-/m1/s1.